The first-order chi connectivity index (χ1) is 4.06. The summed E-state index contributed by atoms with van der Waals surface area (Å²) < 4.78 is 0. The summed E-state index contributed by atoms with van der Waals surface area (Å²) in [6.07, 6.45) is 0.418. The van der Waals surface area contributed by atoms with E-state index in [0.717, 1.165) is 0 Å². The molecule has 1 atom stereocenters. The Labute approximate surface area is 53.7 Å². The summed E-state index contributed by atoms with van der Waals surface area (Å²) in [6, 6.07) is 0. The molecule has 9 heavy (non-hydrogen) atoms. The van der Waals surface area contributed by atoms with Gasteiger partial charge in [0.25, 0.3) is 0 Å². The largest absolute Gasteiger partial charge is 0.375 e. The minimum Gasteiger partial charge on any atom is -0.375 e. The van der Waals surface area contributed by atoms with Crippen LogP contribution in [0.3, 0.4) is 0 Å². The Hall–Kier alpha value is -0.700. The molecule has 0 fully saturated rings. The third-order valence-electron chi connectivity index (χ3n) is 1.34. The Kier molecular flexibility index (Phi) is 2.52. The van der Waals surface area contributed by atoms with Crippen LogP contribution in [0, 0.1) is 0 Å². The van der Waals surface area contributed by atoms with Gasteiger partial charge in [-0.1, -0.05) is 6.92 Å². The van der Waals surface area contributed by atoms with Crippen molar-refractivity contribution < 1.29 is 14.7 Å². The molecule has 0 bridgehead atoms. The summed E-state index contributed by atoms with van der Waals surface area (Å²) in [4.78, 5) is 20.5. The number of hydrogen-bond acceptors (Lipinski definition) is 3. The fourth-order valence-corrected chi connectivity index (χ4v) is 0.415. The number of hydrogen-bond donors (Lipinski definition) is 1. The van der Waals surface area contributed by atoms with Crippen LogP contribution in [0.15, 0.2) is 0 Å². The fourth-order valence-electron chi connectivity index (χ4n) is 0.415. The Bertz CT molecular complexity index is 130. The highest BCUT2D eigenvalue weighted by atomic mass is 16.3. The van der Waals surface area contributed by atoms with Crippen LogP contribution < -0.4 is 0 Å². The van der Waals surface area contributed by atoms with E-state index in [2.05, 4.69) is 0 Å². The van der Waals surface area contributed by atoms with E-state index in [0.29, 0.717) is 0 Å². The van der Waals surface area contributed by atoms with Crippen LogP contribution in [-0.2, 0) is 9.59 Å². The van der Waals surface area contributed by atoms with Crippen LogP contribution >= 0.6 is 0 Å². The van der Waals surface area contributed by atoms with E-state index in [-0.39, 0.29) is 12.7 Å². The third kappa shape index (κ3) is 1.61. The quantitative estimate of drug-likeness (QED) is 0.429. The standard InChI is InChI=1S/C6H10O3/c1-3-6(9,4-7)5(2)8/h4,9H,3H2,1-2H3. The van der Waals surface area contributed by atoms with E-state index in [1.165, 1.54) is 6.92 Å². The molecule has 0 aliphatic heterocycles. The topological polar surface area (TPSA) is 54.4 Å². The average Bonchev–Trinajstić information content (AvgIpc) is 1.86. The predicted octanol–water partition coefficient (Wildman–Crippen LogP) is -0.0846. The zero-order chi connectivity index (χ0) is 7.49. The van der Waals surface area contributed by atoms with Gasteiger partial charge in [0.05, 0.1) is 0 Å². The first kappa shape index (κ1) is 8.30. The molecule has 0 aromatic rings. The zero-order valence-electron chi connectivity index (χ0n) is 5.55. The summed E-state index contributed by atoms with van der Waals surface area (Å²) in [5, 5.41) is 8.99. The second kappa shape index (κ2) is 2.73. The van der Waals surface area contributed by atoms with Gasteiger partial charge in [-0.05, 0) is 13.3 Å². The van der Waals surface area contributed by atoms with Crippen LogP contribution in [0.5, 0.6) is 0 Å². The Balaban J connectivity index is 4.27. The van der Waals surface area contributed by atoms with Crippen molar-refractivity contribution in [1.29, 1.82) is 0 Å². The molecule has 0 radical (unpaired) electrons. The van der Waals surface area contributed by atoms with Crippen molar-refractivity contribution in [2.24, 2.45) is 0 Å². The molecule has 0 rings (SSSR count). The number of carbonyl (C=O) groups excluding carboxylic acids is 2. The molecule has 0 aliphatic carbocycles. The average molecular weight is 130 g/mol. The molecule has 0 spiro atoms. The number of rotatable bonds is 3. The number of aldehydes is 1. The van der Waals surface area contributed by atoms with Gasteiger partial charge in [-0.2, -0.15) is 0 Å². The molecule has 1 unspecified atom stereocenters. The van der Waals surface area contributed by atoms with E-state index in [9.17, 15) is 9.59 Å². The fraction of sp³-hybridized carbons (Fsp3) is 0.667. The van der Waals surface area contributed by atoms with Crippen molar-refractivity contribution in [3.63, 3.8) is 0 Å². The van der Waals surface area contributed by atoms with E-state index in [1.807, 2.05) is 0 Å². The van der Waals surface area contributed by atoms with Crippen molar-refractivity contribution in [1.82, 2.24) is 0 Å². The lowest BCUT2D eigenvalue weighted by molar-refractivity contribution is -0.142. The molecule has 0 saturated heterocycles. The normalized spacial score (nSPS) is 16.3. The smallest absolute Gasteiger partial charge is 0.177 e. The van der Waals surface area contributed by atoms with E-state index >= 15 is 0 Å². The second-order valence-electron chi connectivity index (χ2n) is 1.95. The first-order valence-electron chi connectivity index (χ1n) is 2.76. The maximum Gasteiger partial charge on any atom is 0.177 e. The maximum absolute atomic E-state index is 10.4. The summed E-state index contributed by atoms with van der Waals surface area (Å²) in [7, 11) is 0. The molecule has 0 amide bonds. The van der Waals surface area contributed by atoms with E-state index in [1.54, 1.807) is 6.92 Å². The molecule has 0 aromatic heterocycles. The zero-order valence-corrected chi connectivity index (χ0v) is 5.55. The summed E-state index contributed by atoms with van der Waals surface area (Å²) >= 11 is 0. The van der Waals surface area contributed by atoms with Crippen molar-refractivity contribution in [2.75, 3.05) is 0 Å². The van der Waals surface area contributed by atoms with Gasteiger partial charge in [-0.3, -0.25) is 9.59 Å². The van der Waals surface area contributed by atoms with Crippen LogP contribution in [0.2, 0.25) is 0 Å². The Morgan fingerprint density at radius 3 is 2.22 bits per heavy atom. The predicted molar refractivity (Wildman–Crippen MR) is 32.0 cm³/mol. The minimum absolute atomic E-state index is 0.145. The summed E-state index contributed by atoms with van der Waals surface area (Å²) in [6.45, 7) is 2.77. The molecule has 3 heteroatoms. The highest BCUT2D eigenvalue weighted by Gasteiger charge is 2.29. The highest BCUT2D eigenvalue weighted by molar-refractivity contribution is 5.99. The van der Waals surface area contributed by atoms with E-state index in [4.69, 9.17) is 5.11 Å². The number of Topliss-reactive ketones (excluding diaryl/α,β-unsaturated/α-hetero) is 1. The van der Waals surface area contributed by atoms with Crippen molar-refractivity contribution in [3.8, 4) is 0 Å². The molecular weight excluding hydrogens is 120 g/mol. The van der Waals surface area contributed by atoms with Gasteiger partial charge in [0.2, 0.25) is 0 Å². The molecule has 52 valence electrons. The maximum atomic E-state index is 10.4. The SMILES string of the molecule is CCC(O)(C=O)C(C)=O. The molecule has 0 heterocycles. The van der Waals surface area contributed by atoms with Gasteiger partial charge < -0.3 is 5.11 Å². The van der Waals surface area contributed by atoms with Crippen LogP contribution in [0.25, 0.3) is 0 Å². The van der Waals surface area contributed by atoms with Gasteiger partial charge in [0, 0.05) is 0 Å². The first-order valence-corrected chi connectivity index (χ1v) is 2.76. The Morgan fingerprint density at radius 1 is 1.78 bits per heavy atom. The molecule has 0 aromatic carbocycles. The number of carbonyl (C=O) groups is 2. The van der Waals surface area contributed by atoms with Gasteiger partial charge in [0.15, 0.2) is 17.7 Å². The lowest BCUT2D eigenvalue weighted by atomic mass is 9.99. The Morgan fingerprint density at radius 2 is 2.22 bits per heavy atom. The van der Waals surface area contributed by atoms with Gasteiger partial charge in [-0.15, -0.1) is 0 Å². The van der Waals surface area contributed by atoms with Crippen LogP contribution in [0.4, 0.5) is 0 Å². The van der Waals surface area contributed by atoms with Crippen molar-refractivity contribution in [3.05, 3.63) is 0 Å². The van der Waals surface area contributed by atoms with Gasteiger partial charge in [-0.25, -0.2) is 0 Å². The van der Waals surface area contributed by atoms with E-state index < -0.39 is 11.4 Å². The summed E-state index contributed by atoms with van der Waals surface area (Å²) in [5.41, 5.74) is -1.74. The van der Waals surface area contributed by atoms with Crippen molar-refractivity contribution in [2.45, 2.75) is 25.9 Å². The third-order valence-corrected chi connectivity index (χ3v) is 1.34. The van der Waals surface area contributed by atoms with Gasteiger partial charge in [0.1, 0.15) is 0 Å². The summed E-state index contributed by atoms with van der Waals surface area (Å²) in [5.74, 6) is -0.500. The second-order valence-corrected chi connectivity index (χ2v) is 1.95. The molecule has 1 N–H and O–H groups in total. The molecule has 3 nitrogen and oxygen atoms in total. The lowest BCUT2D eigenvalue weighted by Gasteiger charge is -2.13. The van der Waals surface area contributed by atoms with Crippen LogP contribution in [0.1, 0.15) is 20.3 Å². The minimum atomic E-state index is -1.74. The number of aliphatic hydroxyl groups is 1. The molecule has 0 saturated carbocycles. The van der Waals surface area contributed by atoms with Gasteiger partial charge >= 0.3 is 0 Å². The lowest BCUT2D eigenvalue weighted by Crippen LogP contribution is -2.37. The highest BCUT2D eigenvalue weighted by Crippen LogP contribution is 2.06. The van der Waals surface area contributed by atoms with Crippen molar-refractivity contribution >= 4 is 12.1 Å². The number of ketones is 1. The molecular formula is C6H10O3. The molecule has 0 aliphatic rings. The van der Waals surface area contributed by atoms with Crippen LogP contribution in [-0.4, -0.2) is 22.8 Å². The monoisotopic (exact) mass is 130 g/mol.